The summed E-state index contributed by atoms with van der Waals surface area (Å²) in [5.41, 5.74) is 3.00. The fourth-order valence-corrected chi connectivity index (χ4v) is 3.90. The molecular formula is C20H17F2N3O2S. The van der Waals surface area contributed by atoms with Crippen LogP contribution in [-0.2, 0) is 11.2 Å². The number of hydrogen-bond donors (Lipinski definition) is 1. The highest BCUT2D eigenvalue weighted by molar-refractivity contribution is 7.99. The second-order valence-corrected chi connectivity index (χ2v) is 7.78. The van der Waals surface area contributed by atoms with Gasteiger partial charge in [-0.05, 0) is 48.6 Å². The lowest BCUT2D eigenvalue weighted by Crippen LogP contribution is -2.36. The van der Waals surface area contributed by atoms with E-state index in [9.17, 15) is 18.4 Å². The highest BCUT2D eigenvalue weighted by Crippen LogP contribution is 2.34. The Kier molecular flexibility index (Phi) is 5.13. The van der Waals surface area contributed by atoms with E-state index < -0.39 is 17.3 Å². The van der Waals surface area contributed by atoms with Crippen LogP contribution >= 0.6 is 11.8 Å². The Morgan fingerprint density at radius 2 is 1.86 bits per heavy atom. The van der Waals surface area contributed by atoms with Gasteiger partial charge in [-0.15, -0.1) is 0 Å². The second-order valence-electron chi connectivity index (χ2n) is 6.79. The van der Waals surface area contributed by atoms with E-state index in [1.54, 1.807) is 0 Å². The third-order valence-electron chi connectivity index (χ3n) is 4.46. The summed E-state index contributed by atoms with van der Waals surface area (Å²) >= 11 is 1.37. The number of aromatic nitrogens is 2. The van der Waals surface area contributed by atoms with E-state index in [1.807, 2.05) is 0 Å². The monoisotopic (exact) mass is 401 g/mol. The molecule has 28 heavy (non-hydrogen) atoms. The van der Waals surface area contributed by atoms with Crippen LogP contribution < -0.4 is 11.0 Å². The Morgan fingerprint density at radius 1 is 1.14 bits per heavy atom. The van der Waals surface area contributed by atoms with Crippen molar-refractivity contribution in [1.29, 1.82) is 0 Å². The molecule has 1 heterocycles. The molecule has 3 aromatic rings. The van der Waals surface area contributed by atoms with E-state index >= 15 is 0 Å². The minimum atomic E-state index is -0.476. The molecule has 1 fully saturated rings. The molecule has 1 saturated carbocycles. The predicted octanol–water partition coefficient (Wildman–Crippen LogP) is 3.49. The van der Waals surface area contributed by atoms with E-state index in [4.69, 9.17) is 0 Å². The molecule has 1 amide bonds. The van der Waals surface area contributed by atoms with E-state index in [-0.39, 0.29) is 23.1 Å². The van der Waals surface area contributed by atoms with Crippen LogP contribution in [0.4, 0.5) is 8.78 Å². The summed E-state index contributed by atoms with van der Waals surface area (Å²) in [4.78, 5) is 29.7. The minimum absolute atomic E-state index is 0.0130. The molecule has 144 valence electrons. The Morgan fingerprint density at radius 3 is 2.57 bits per heavy atom. The van der Waals surface area contributed by atoms with E-state index in [0.29, 0.717) is 16.6 Å². The third-order valence-corrected chi connectivity index (χ3v) is 5.63. The molecule has 1 aromatic heterocycles. The zero-order valence-corrected chi connectivity index (χ0v) is 15.6. The normalized spacial score (nSPS) is 13.6. The van der Waals surface area contributed by atoms with Crippen LogP contribution in [0.3, 0.4) is 0 Å². The van der Waals surface area contributed by atoms with Gasteiger partial charge in [0.15, 0.2) is 5.16 Å². The fourth-order valence-electron chi connectivity index (χ4n) is 2.76. The Labute approximate surface area is 163 Å². The van der Waals surface area contributed by atoms with Crippen LogP contribution in [0.1, 0.15) is 18.4 Å². The van der Waals surface area contributed by atoms with Gasteiger partial charge in [-0.25, -0.2) is 13.8 Å². The molecule has 4 rings (SSSR count). The number of nitrogens with one attached hydrogen (secondary N) is 1. The quantitative estimate of drug-likeness (QED) is 0.507. The minimum Gasteiger partial charge on any atom is -0.273 e. The first-order chi connectivity index (χ1) is 13.5. The molecule has 0 spiro atoms. The zero-order chi connectivity index (χ0) is 19.7. The molecule has 1 aliphatic carbocycles. The molecule has 2 aromatic carbocycles. The summed E-state index contributed by atoms with van der Waals surface area (Å²) in [6.07, 6.45) is 2.26. The molecule has 5 nitrogen and oxygen atoms in total. The van der Waals surface area contributed by atoms with Gasteiger partial charge in [-0.2, -0.15) is 4.68 Å². The highest BCUT2D eigenvalue weighted by atomic mass is 32.2. The number of halogens is 2. The number of hydrogen-bond acceptors (Lipinski definition) is 4. The van der Waals surface area contributed by atoms with Crippen LogP contribution in [0.15, 0.2) is 52.4 Å². The summed E-state index contributed by atoms with van der Waals surface area (Å²) in [5, 5.41) is 0.543. The average molecular weight is 401 g/mol. The lowest BCUT2D eigenvalue weighted by Gasteiger charge is -2.14. The second kappa shape index (κ2) is 7.71. The van der Waals surface area contributed by atoms with Gasteiger partial charge in [-0.1, -0.05) is 23.9 Å². The predicted molar refractivity (Wildman–Crippen MR) is 104 cm³/mol. The number of carbonyl (C=O) groups excluding carboxylic acids is 1. The molecule has 1 aliphatic rings. The summed E-state index contributed by atoms with van der Waals surface area (Å²) in [7, 11) is 0. The molecule has 0 saturated heterocycles. The Bertz CT molecular complexity index is 1100. The molecular weight excluding hydrogens is 384 g/mol. The van der Waals surface area contributed by atoms with Gasteiger partial charge in [0.25, 0.3) is 5.56 Å². The third kappa shape index (κ3) is 4.22. The average Bonchev–Trinajstić information content (AvgIpc) is 3.49. The van der Waals surface area contributed by atoms with E-state index in [0.717, 1.165) is 23.3 Å². The van der Waals surface area contributed by atoms with E-state index in [1.165, 1.54) is 54.2 Å². The smallest absolute Gasteiger partial charge is 0.273 e. The van der Waals surface area contributed by atoms with Crippen LogP contribution in [0.5, 0.6) is 0 Å². The molecule has 0 bridgehead atoms. The van der Waals surface area contributed by atoms with Crippen molar-refractivity contribution in [3.63, 3.8) is 0 Å². The number of nitrogens with zero attached hydrogens (tertiary/aromatic N) is 2. The van der Waals surface area contributed by atoms with Crippen LogP contribution in [-0.4, -0.2) is 21.3 Å². The van der Waals surface area contributed by atoms with Crippen molar-refractivity contribution in [2.24, 2.45) is 5.92 Å². The topological polar surface area (TPSA) is 64.0 Å². The van der Waals surface area contributed by atoms with Crippen molar-refractivity contribution in [1.82, 2.24) is 9.66 Å². The van der Waals surface area contributed by atoms with Crippen molar-refractivity contribution in [3.8, 4) is 0 Å². The summed E-state index contributed by atoms with van der Waals surface area (Å²) < 4.78 is 27.7. The lowest BCUT2D eigenvalue weighted by atomic mass is 10.1. The van der Waals surface area contributed by atoms with Gasteiger partial charge in [-0.3, -0.25) is 15.0 Å². The molecule has 0 aliphatic heterocycles. The van der Waals surface area contributed by atoms with Crippen molar-refractivity contribution in [3.05, 3.63) is 70.0 Å². The van der Waals surface area contributed by atoms with Crippen molar-refractivity contribution in [2.75, 3.05) is 11.2 Å². The standard InChI is InChI=1S/C20H17F2N3O2S/c21-14-5-3-12(4-6-14)9-18(26)24-25-19(27)16-8-7-15(22)10-17(16)23-20(25)28-11-13-1-2-13/h3-8,10,13H,1-2,9,11H2,(H,24,26). The largest absolute Gasteiger partial charge is 0.281 e. The highest BCUT2D eigenvalue weighted by Gasteiger charge is 2.23. The van der Waals surface area contributed by atoms with Gasteiger partial charge in [0.2, 0.25) is 5.91 Å². The molecule has 0 atom stereocenters. The van der Waals surface area contributed by atoms with Gasteiger partial charge in [0, 0.05) is 11.8 Å². The van der Waals surface area contributed by atoms with Gasteiger partial charge in [0.05, 0.1) is 17.3 Å². The molecule has 0 unspecified atom stereocenters. The number of rotatable bonds is 6. The first-order valence-electron chi connectivity index (χ1n) is 8.89. The number of thioether (sulfide) groups is 1. The summed E-state index contributed by atoms with van der Waals surface area (Å²) in [5.74, 6) is 0.0700. The van der Waals surface area contributed by atoms with Crippen molar-refractivity contribution >= 4 is 28.6 Å². The molecule has 0 radical (unpaired) electrons. The lowest BCUT2D eigenvalue weighted by molar-refractivity contribution is -0.116. The Hall–Kier alpha value is -2.74. The first kappa shape index (κ1) is 18.6. The zero-order valence-electron chi connectivity index (χ0n) is 14.8. The maximum absolute atomic E-state index is 13.6. The summed E-state index contributed by atoms with van der Waals surface area (Å²) in [6, 6.07) is 9.34. The fraction of sp³-hybridized carbons (Fsp3) is 0.250. The SMILES string of the molecule is O=C(Cc1ccc(F)cc1)Nn1c(SCC2CC2)nc2cc(F)ccc2c1=O. The maximum Gasteiger partial charge on any atom is 0.281 e. The van der Waals surface area contributed by atoms with Crippen LogP contribution in [0.25, 0.3) is 10.9 Å². The van der Waals surface area contributed by atoms with Gasteiger partial charge < -0.3 is 0 Å². The first-order valence-corrected chi connectivity index (χ1v) is 9.87. The molecule has 8 heteroatoms. The Balaban J connectivity index is 1.64. The number of benzene rings is 2. The summed E-state index contributed by atoms with van der Waals surface area (Å²) in [6.45, 7) is 0. The van der Waals surface area contributed by atoms with Gasteiger partial charge in [0.1, 0.15) is 11.6 Å². The van der Waals surface area contributed by atoms with E-state index in [2.05, 4.69) is 10.4 Å². The molecule has 1 N–H and O–H groups in total. The van der Waals surface area contributed by atoms with Crippen LogP contribution in [0.2, 0.25) is 0 Å². The number of fused-ring (bicyclic) bond motifs is 1. The van der Waals surface area contributed by atoms with Crippen molar-refractivity contribution in [2.45, 2.75) is 24.4 Å². The van der Waals surface area contributed by atoms with Gasteiger partial charge >= 0.3 is 0 Å². The van der Waals surface area contributed by atoms with Crippen molar-refractivity contribution < 1.29 is 13.6 Å². The number of amides is 1. The number of carbonyl (C=O) groups is 1. The van der Waals surface area contributed by atoms with Crippen LogP contribution in [0, 0.1) is 17.6 Å². The maximum atomic E-state index is 13.6.